The number of halogens is 1. The van der Waals surface area contributed by atoms with E-state index in [1.165, 1.54) is 12.3 Å². The third-order valence-electron chi connectivity index (χ3n) is 3.98. The summed E-state index contributed by atoms with van der Waals surface area (Å²) in [5.41, 5.74) is -0.483. The van der Waals surface area contributed by atoms with Gasteiger partial charge in [0.05, 0.1) is 22.8 Å². The van der Waals surface area contributed by atoms with Crippen molar-refractivity contribution in [3.05, 3.63) is 38.7 Å². The number of hydrogen-bond acceptors (Lipinski definition) is 4. The first-order chi connectivity index (χ1) is 9.66. The minimum atomic E-state index is -0.696. The summed E-state index contributed by atoms with van der Waals surface area (Å²) in [6.07, 6.45) is 2.96. The van der Waals surface area contributed by atoms with Gasteiger partial charge in [0.15, 0.2) is 0 Å². The Kier molecular flexibility index (Phi) is 4.35. The van der Waals surface area contributed by atoms with Crippen LogP contribution in [0.25, 0.3) is 6.08 Å². The summed E-state index contributed by atoms with van der Waals surface area (Å²) in [7, 11) is -0.696. The summed E-state index contributed by atoms with van der Waals surface area (Å²) in [5.74, 6) is 0. The third-order valence-corrected chi connectivity index (χ3v) is 4.19. The number of aromatic amines is 1. The maximum absolute atomic E-state index is 11.8. The first kappa shape index (κ1) is 16.3. The molecule has 1 aliphatic heterocycles. The van der Waals surface area contributed by atoms with Crippen LogP contribution in [0.15, 0.2) is 22.5 Å². The van der Waals surface area contributed by atoms with Gasteiger partial charge < -0.3 is 19.4 Å². The summed E-state index contributed by atoms with van der Waals surface area (Å²) in [5, 5.41) is 9.98. The molecule has 1 aliphatic rings. The molecule has 1 saturated heterocycles. The third kappa shape index (κ3) is 3.24. The van der Waals surface area contributed by atoms with Crippen molar-refractivity contribution in [1.82, 2.24) is 4.98 Å². The molecule has 2 rings (SSSR count). The second-order valence-corrected chi connectivity index (χ2v) is 6.50. The standard InChI is InChI=1S/C14H19BClNO4/c1-13(2)14(3,4)21-15(20-13)10(8-18)5-9-6-11(16)7-17-12(9)19/h5-7,18H,8H2,1-4H3,(H,17,19). The van der Waals surface area contributed by atoms with Crippen LogP contribution in [0.5, 0.6) is 0 Å². The quantitative estimate of drug-likeness (QED) is 0.838. The molecule has 0 spiro atoms. The molecule has 5 nitrogen and oxygen atoms in total. The Hall–Kier alpha value is -1.08. The fourth-order valence-corrected chi connectivity index (χ4v) is 2.14. The second kappa shape index (κ2) is 5.61. The van der Waals surface area contributed by atoms with Gasteiger partial charge in [-0.05, 0) is 39.2 Å². The van der Waals surface area contributed by atoms with Crippen molar-refractivity contribution < 1.29 is 14.4 Å². The molecule has 1 aromatic rings. The molecule has 0 unspecified atom stereocenters. The molecule has 21 heavy (non-hydrogen) atoms. The molecule has 114 valence electrons. The lowest BCUT2D eigenvalue weighted by Gasteiger charge is -2.32. The van der Waals surface area contributed by atoms with Gasteiger partial charge in [-0.15, -0.1) is 0 Å². The molecule has 0 bridgehead atoms. The van der Waals surface area contributed by atoms with Crippen LogP contribution in [0.2, 0.25) is 5.02 Å². The van der Waals surface area contributed by atoms with E-state index in [1.54, 1.807) is 6.08 Å². The summed E-state index contributed by atoms with van der Waals surface area (Å²) < 4.78 is 11.7. The maximum Gasteiger partial charge on any atom is 0.492 e. The highest BCUT2D eigenvalue weighted by molar-refractivity contribution is 6.55. The lowest BCUT2D eigenvalue weighted by atomic mass is 9.77. The van der Waals surface area contributed by atoms with Crippen molar-refractivity contribution in [1.29, 1.82) is 0 Å². The Morgan fingerprint density at radius 2 is 1.95 bits per heavy atom. The Balaban J connectivity index is 2.35. The van der Waals surface area contributed by atoms with Crippen LogP contribution in [-0.4, -0.2) is 35.0 Å². The van der Waals surface area contributed by atoms with E-state index in [0.717, 1.165) is 0 Å². The minimum Gasteiger partial charge on any atom is -0.400 e. The Morgan fingerprint density at radius 3 is 2.48 bits per heavy atom. The normalized spacial score (nSPS) is 20.9. The largest absolute Gasteiger partial charge is 0.492 e. The highest BCUT2D eigenvalue weighted by atomic mass is 35.5. The van der Waals surface area contributed by atoms with Crippen molar-refractivity contribution in [2.45, 2.75) is 38.9 Å². The number of H-pyrrole nitrogens is 1. The molecule has 1 aromatic heterocycles. The number of aliphatic hydroxyl groups excluding tert-OH is 1. The summed E-state index contributed by atoms with van der Waals surface area (Å²) in [6, 6.07) is 1.53. The van der Waals surface area contributed by atoms with Crippen LogP contribution in [0.1, 0.15) is 33.3 Å². The van der Waals surface area contributed by atoms with E-state index in [2.05, 4.69) is 4.98 Å². The van der Waals surface area contributed by atoms with Gasteiger partial charge in [-0.25, -0.2) is 0 Å². The van der Waals surface area contributed by atoms with Crippen molar-refractivity contribution in [3.8, 4) is 0 Å². The molecular formula is C14H19BClNO4. The van der Waals surface area contributed by atoms with E-state index in [4.69, 9.17) is 20.9 Å². The topological polar surface area (TPSA) is 71.6 Å². The number of aromatic nitrogens is 1. The molecule has 0 radical (unpaired) electrons. The lowest BCUT2D eigenvalue weighted by Crippen LogP contribution is -2.41. The number of pyridine rings is 1. The van der Waals surface area contributed by atoms with Gasteiger partial charge in [0.1, 0.15) is 0 Å². The van der Waals surface area contributed by atoms with Crippen LogP contribution in [-0.2, 0) is 9.31 Å². The summed E-state index contributed by atoms with van der Waals surface area (Å²) >= 11 is 5.87. The highest BCUT2D eigenvalue weighted by Gasteiger charge is 2.52. The van der Waals surface area contributed by atoms with E-state index in [9.17, 15) is 9.90 Å². The molecule has 7 heteroatoms. The fourth-order valence-electron chi connectivity index (χ4n) is 1.96. The first-order valence-corrected chi connectivity index (χ1v) is 7.09. The van der Waals surface area contributed by atoms with Crippen molar-refractivity contribution in [2.75, 3.05) is 6.61 Å². The second-order valence-electron chi connectivity index (χ2n) is 6.07. The Labute approximate surface area is 129 Å². The van der Waals surface area contributed by atoms with Crippen molar-refractivity contribution in [3.63, 3.8) is 0 Å². The van der Waals surface area contributed by atoms with E-state index >= 15 is 0 Å². The van der Waals surface area contributed by atoms with Gasteiger partial charge in [0.25, 0.3) is 5.56 Å². The zero-order valence-corrected chi connectivity index (χ0v) is 13.3. The first-order valence-electron chi connectivity index (χ1n) is 6.71. The van der Waals surface area contributed by atoms with Crippen molar-refractivity contribution in [2.24, 2.45) is 0 Å². The van der Waals surface area contributed by atoms with Gasteiger partial charge in [-0.3, -0.25) is 4.79 Å². The molecule has 0 saturated carbocycles. The molecule has 0 amide bonds. The molecule has 0 aromatic carbocycles. The number of hydrogen-bond donors (Lipinski definition) is 2. The van der Waals surface area contributed by atoms with Gasteiger partial charge in [-0.2, -0.15) is 0 Å². The zero-order chi connectivity index (χ0) is 15.8. The average molecular weight is 312 g/mol. The van der Waals surface area contributed by atoms with Crippen LogP contribution in [0.4, 0.5) is 0 Å². The fraction of sp³-hybridized carbons (Fsp3) is 0.500. The number of aliphatic hydroxyl groups is 1. The summed E-state index contributed by atoms with van der Waals surface area (Å²) in [4.78, 5) is 14.3. The van der Waals surface area contributed by atoms with Crippen LogP contribution in [0.3, 0.4) is 0 Å². The molecule has 1 fully saturated rings. The monoisotopic (exact) mass is 311 g/mol. The van der Waals surface area contributed by atoms with Gasteiger partial charge in [0, 0.05) is 11.8 Å². The molecule has 2 heterocycles. The van der Waals surface area contributed by atoms with E-state index in [-0.39, 0.29) is 12.2 Å². The summed E-state index contributed by atoms with van der Waals surface area (Å²) in [6.45, 7) is 7.42. The van der Waals surface area contributed by atoms with Gasteiger partial charge in [0.2, 0.25) is 0 Å². The molecule has 2 N–H and O–H groups in total. The predicted octanol–water partition coefficient (Wildman–Crippen LogP) is 2.04. The lowest BCUT2D eigenvalue weighted by molar-refractivity contribution is 0.00578. The SMILES string of the molecule is CC1(C)OB(C(=Cc2cc(Cl)c[nH]c2=O)CO)OC1(C)C. The minimum absolute atomic E-state index is 0.275. The zero-order valence-electron chi connectivity index (χ0n) is 12.6. The van der Waals surface area contributed by atoms with Crippen molar-refractivity contribution >= 4 is 24.8 Å². The van der Waals surface area contributed by atoms with E-state index in [0.29, 0.717) is 16.1 Å². The van der Waals surface area contributed by atoms with Gasteiger partial charge >= 0.3 is 7.12 Å². The van der Waals surface area contributed by atoms with E-state index < -0.39 is 18.3 Å². The number of nitrogens with one attached hydrogen (secondary N) is 1. The Bertz CT molecular complexity index is 608. The molecule has 0 atom stereocenters. The maximum atomic E-state index is 11.8. The van der Waals surface area contributed by atoms with E-state index in [1.807, 2.05) is 27.7 Å². The predicted molar refractivity (Wildman–Crippen MR) is 83.2 cm³/mol. The highest BCUT2D eigenvalue weighted by Crippen LogP contribution is 2.38. The smallest absolute Gasteiger partial charge is 0.400 e. The van der Waals surface area contributed by atoms with Gasteiger partial charge in [-0.1, -0.05) is 17.7 Å². The van der Waals surface area contributed by atoms with Crippen LogP contribution < -0.4 is 5.56 Å². The average Bonchev–Trinajstić information content (AvgIpc) is 2.59. The van der Waals surface area contributed by atoms with Crippen LogP contribution in [0, 0.1) is 0 Å². The molecule has 0 aliphatic carbocycles. The Morgan fingerprint density at radius 1 is 1.38 bits per heavy atom. The van der Waals surface area contributed by atoms with Crippen LogP contribution >= 0.6 is 11.6 Å². The molecular weight excluding hydrogens is 292 g/mol. The number of rotatable bonds is 3.